The van der Waals surface area contributed by atoms with E-state index < -0.39 is 12.1 Å². The third-order valence-electron chi connectivity index (χ3n) is 1.67. The van der Waals surface area contributed by atoms with Crippen molar-refractivity contribution in [2.24, 2.45) is 0 Å². The molecule has 0 bridgehead atoms. The molecule has 1 aromatic carbocycles. The molecule has 0 aromatic heterocycles. The lowest BCUT2D eigenvalue weighted by Crippen LogP contribution is -2.31. The van der Waals surface area contributed by atoms with E-state index in [2.05, 4.69) is 22.6 Å². The minimum atomic E-state index is -1.03. The molecular weight excluding hydrogens is 311 g/mol. The van der Waals surface area contributed by atoms with Crippen molar-refractivity contribution >= 4 is 28.6 Å². The number of halogens is 1. The fourth-order valence-corrected chi connectivity index (χ4v) is 1.53. The van der Waals surface area contributed by atoms with Gasteiger partial charge in [0.05, 0.1) is 6.61 Å². The van der Waals surface area contributed by atoms with Crippen LogP contribution in [0.15, 0.2) is 24.3 Å². The molecule has 0 aliphatic heterocycles. The summed E-state index contributed by atoms with van der Waals surface area (Å²) in [6, 6.07) is 7.20. The Balaban J connectivity index is 2.69. The summed E-state index contributed by atoms with van der Waals surface area (Å²) < 4.78 is 11.0. The Labute approximate surface area is 101 Å². The standard InChI is InChI=1S/C10H11IO4/c1-14-6-9(10(12)13)15-8-4-2-3-7(11)5-8/h2-5,9H,6H2,1H3,(H,12,13). The Hall–Kier alpha value is -0.820. The number of hydrogen-bond donors (Lipinski definition) is 1. The summed E-state index contributed by atoms with van der Waals surface area (Å²) in [5, 5.41) is 8.83. The highest BCUT2D eigenvalue weighted by atomic mass is 127. The van der Waals surface area contributed by atoms with Crippen LogP contribution in [0.4, 0.5) is 0 Å². The minimum Gasteiger partial charge on any atom is -0.478 e. The molecule has 5 heteroatoms. The van der Waals surface area contributed by atoms with Crippen LogP contribution in [0.5, 0.6) is 5.75 Å². The molecule has 0 saturated carbocycles. The second kappa shape index (κ2) is 5.92. The lowest BCUT2D eigenvalue weighted by molar-refractivity contribution is -0.147. The summed E-state index contributed by atoms with van der Waals surface area (Å²) in [6.45, 7) is 0.0286. The molecular formula is C10H11IO4. The highest BCUT2D eigenvalue weighted by molar-refractivity contribution is 14.1. The third-order valence-corrected chi connectivity index (χ3v) is 2.34. The van der Waals surface area contributed by atoms with E-state index in [1.54, 1.807) is 12.1 Å². The summed E-state index contributed by atoms with van der Waals surface area (Å²) >= 11 is 2.13. The molecule has 0 aliphatic rings. The first-order valence-corrected chi connectivity index (χ1v) is 5.35. The first-order valence-electron chi connectivity index (χ1n) is 4.27. The zero-order valence-electron chi connectivity index (χ0n) is 8.14. The van der Waals surface area contributed by atoms with Crippen LogP contribution < -0.4 is 4.74 Å². The zero-order chi connectivity index (χ0) is 11.3. The maximum Gasteiger partial charge on any atom is 0.347 e. The molecule has 0 spiro atoms. The quantitative estimate of drug-likeness (QED) is 0.840. The van der Waals surface area contributed by atoms with Gasteiger partial charge in [-0.05, 0) is 40.8 Å². The number of carboxylic acids is 1. The summed E-state index contributed by atoms with van der Waals surface area (Å²) in [7, 11) is 1.44. The second-order valence-electron chi connectivity index (χ2n) is 2.86. The topological polar surface area (TPSA) is 55.8 Å². The van der Waals surface area contributed by atoms with E-state index >= 15 is 0 Å². The van der Waals surface area contributed by atoms with Crippen LogP contribution in [-0.4, -0.2) is 30.9 Å². The normalized spacial score (nSPS) is 12.1. The lowest BCUT2D eigenvalue weighted by atomic mass is 10.3. The molecule has 1 aromatic rings. The zero-order valence-corrected chi connectivity index (χ0v) is 10.3. The van der Waals surface area contributed by atoms with E-state index in [4.69, 9.17) is 14.6 Å². The lowest BCUT2D eigenvalue weighted by Gasteiger charge is -2.14. The number of ether oxygens (including phenoxy) is 2. The summed E-state index contributed by atoms with van der Waals surface area (Å²) in [6.07, 6.45) is -0.965. The Morgan fingerprint density at radius 3 is 2.87 bits per heavy atom. The third kappa shape index (κ3) is 4.05. The Kier molecular flexibility index (Phi) is 4.83. The first-order chi connectivity index (χ1) is 7.13. The van der Waals surface area contributed by atoms with Crippen molar-refractivity contribution in [1.29, 1.82) is 0 Å². The second-order valence-corrected chi connectivity index (χ2v) is 4.10. The predicted octanol–water partition coefficient (Wildman–Crippen LogP) is 1.77. The SMILES string of the molecule is COCC(Oc1cccc(I)c1)C(=O)O. The predicted molar refractivity (Wildman–Crippen MR) is 63.1 cm³/mol. The maximum atomic E-state index is 10.8. The van der Waals surface area contributed by atoms with Gasteiger partial charge >= 0.3 is 5.97 Å². The van der Waals surface area contributed by atoms with E-state index in [0.717, 1.165) is 3.57 Å². The minimum absolute atomic E-state index is 0.0286. The molecule has 0 heterocycles. The van der Waals surface area contributed by atoms with Crippen LogP contribution >= 0.6 is 22.6 Å². The fraction of sp³-hybridized carbons (Fsp3) is 0.300. The highest BCUT2D eigenvalue weighted by Gasteiger charge is 2.18. The average molecular weight is 322 g/mol. The van der Waals surface area contributed by atoms with Crippen LogP contribution in [-0.2, 0) is 9.53 Å². The number of carbonyl (C=O) groups is 1. The Morgan fingerprint density at radius 1 is 1.60 bits per heavy atom. The number of benzene rings is 1. The number of aliphatic carboxylic acids is 1. The van der Waals surface area contributed by atoms with E-state index in [9.17, 15) is 4.79 Å². The molecule has 0 radical (unpaired) electrons. The smallest absolute Gasteiger partial charge is 0.347 e. The molecule has 4 nitrogen and oxygen atoms in total. The highest BCUT2D eigenvalue weighted by Crippen LogP contribution is 2.16. The van der Waals surface area contributed by atoms with Gasteiger partial charge in [0.25, 0.3) is 0 Å². The van der Waals surface area contributed by atoms with Gasteiger partial charge in [0.1, 0.15) is 5.75 Å². The number of carboxylic acid groups (broad SMARTS) is 1. The molecule has 1 rings (SSSR count). The number of hydrogen-bond acceptors (Lipinski definition) is 3. The Bertz CT molecular complexity index is 340. The number of methoxy groups -OCH3 is 1. The van der Waals surface area contributed by atoms with Crippen molar-refractivity contribution in [2.75, 3.05) is 13.7 Å². The summed E-state index contributed by atoms with van der Waals surface area (Å²) in [4.78, 5) is 10.8. The number of rotatable bonds is 5. The monoisotopic (exact) mass is 322 g/mol. The van der Waals surface area contributed by atoms with Gasteiger partial charge in [-0.1, -0.05) is 6.07 Å². The van der Waals surface area contributed by atoms with Gasteiger partial charge < -0.3 is 14.6 Å². The molecule has 82 valence electrons. The van der Waals surface area contributed by atoms with Gasteiger partial charge in [-0.3, -0.25) is 0 Å². The van der Waals surface area contributed by atoms with E-state index in [1.165, 1.54) is 7.11 Å². The molecule has 1 N–H and O–H groups in total. The molecule has 0 fully saturated rings. The van der Waals surface area contributed by atoms with Crippen LogP contribution in [0.25, 0.3) is 0 Å². The van der Waals surface area contributed by atoms with Gasteiger partial charge in [-0.15, -0.1) is 0 Å². The molecule has 0 aliphatic carbocycles. The van der Waals surface area contributed by atoms with Crippen LogP contribution in [0, 0.1) is 3.57 Å². The van der Waals surface area contributed by atoms with Gasteiger partial charge in [0, 0.05) is 10.7 Å². The van der Waals surface area contributed by atoms with Crippen molar-refractivity contribution in [3.63, 3.8) is 0 Å². The molecule has 1 atom stereocenters. The molecule has 15 heavy (non-hydrogen) atoms. The Morgan fingerprint density at radius 2 is 2.33 bits per heavy atom. The van der Waals surface area contributed by atoms with Crippen LogP contribution in [0.1, 0.15) is 0 Å². The molecule has 0 amide bonds. The van der Waals surface area contributed by atoms with Crippen LogP contribution in [0.3, 0.4) is 0 Å². The van der Waals surface area contributed by atoms with E-state index in [0.29, 0.717) is 5.75 Å². The van der Waals surface area contributed by atoms with E-state index in [1.807, 2.05) is 12.1 Å². The van der Waals surface area contributed by atoms with Gasteiger partial charge in [0.15, 0.2) is 0 Å². The van der Waals surface area contributed by atoms with Crippen molar-refractivity contribution in [3.8, 4) is 5.75 Å². The molecule has 1 unspecified atom stereocenters. The maximum absolute atomic E-state index is 10.8. The van der Waals surface area contributed by atoms with Crippen molar-refractivity contribution in [3.05, 3.63) is 27.8 Å². The summed E-state index contributed by atoms with van der Waals surface area (Å²) in [5.74, 6) is -0.498. The van der Waals surface area contributed by atoms with Gasteiger partial charge in [-0.25, -0.2) is 4.79 Å². The van der Waals surface area contributed by atoms with Crippen LogP contribution in [0.2, 0.25) is 0 Å². The average Bonchev–Trinajstić information content (AvgIpc) is 2.17. The van der Waals surface area contributed by atoms with Gasteiger partial charge in [-0.2, -0.15) is 0 Å². The van der Waals surface area contributed by atoms with Crippen molar-refractivity contribution in [2.45, 2.75) is 6.10 Å². The fourth-order valence-electron chi connectivity index (χ4n) is 1.01. The summed E-state index contributed by atoms with van der Waals surface area (Å²) in [5.41, 5.74) is 0. The van der Waals surface area contributed by atoms with Crippen molar-refractivity contribution in [1.82, 2.24) is 0 Å². The first kappa shape index (κ1) is 12.3. The molecule has 0 saturated heterocycles. The van der Waals surface area contributed by atoms with Gasteiger partial charge in [0.2, 0.25) is 6.10 Å². The van der Waals surface area contributed by atoms with Crippen molar-refractivity contribution < 1.29 is 19.4 Å². The largest absolute Gasteiger partial charge is 0.478 e. The van der Waals surface area contributed by atoms with E-state index in [-0.39, 0.29) is 6.61 Å².